The van der Waals surface area contributed by atoms with Gasteiger partial charge in [-0.1, -0.05) is 36.4 Å². The van der Waals surface area contributed by atoms with Gasteiger partial charge in [-0.05, 0) is 54.7 Å². The van der Waals surface area contributed by atoms with Crippen molar-refractivity contribution >= 4 is 34.9 Å². The number of benzene rings is 2. The molecule has 39 heavy (non-hydrogen) atoms. The number of ether oxygens (including phenoxy) is 1. The zero-order valence-electron chi connectivity index (χ0n) is 21.0. The molecule has 2 aromatic heterocycles. The Balaban J connectivity index is 1.42. The molecule has 0 saturated carbocycles. The van der Waals surface area contributed by atoms with Crippen LogP contribution in [0.1, 0.15) is 40.3 Å². The monoisotopic (exact) mass is 542 g/mol. The molecule has 0 unspecified atom stereocenters. The van der Waals surface area contributed by atoms with Crippen LogP contribution >= 0.6 is 12.2 Å². The fraction of sp³-hybridized carbons (Fsp3) is 0.172. The number of hydrogen-bond donors (Lipinski definition) is 3. The smallest absolute Gasteiger partial charge is 0.336 e. The molecule has 1 amide bonds. The van der Waals surface area contributed by atoms with Gasteiger partial charge in [0.2, 0.25) is 5.91 Å². The number of methoxy groups -OCH3 is 1. The van der Waals surface area contributed by atoms with Crippen LogP contribution in [0.15, 0.2) is 89.5 Å². The number of carboxylic acids is 1. The summed E-state index contributed by atoms with van der Waals surface area (Å²) in [6.07, 6.45) is 1.86. The van der Waals surface area contributed by atoms with E-state index < -0.39 is 12.0 Å². The lowest BCUT2D eigenvalue weighted by Crippen LogP contribution is -2.32. The molecule has 2 atom stereocenters. The van der Waals surface area contributed by atoms with Crippen LogP contribution in [-0.4, -0.2) is 45.6 Å². The first-order valence-corrected chi connectivity index (χ1v) is 12.7. The number of aromatic carboxylic acids is 1. The Bertz CT molecular complexity index is 1510. The zero-order chi connectivity index (χ0) is 27.4. The second kappa shape index (κ2) is 11.4. The molecule has 10 heteroatoms. The quantitative estimate of drug-likeness (QED) is 0.250. The number of nitrogens with zero attached hydrogens (tertiary/aromatic N) is 2. The highest BCUT2D eigenvalue weighted by Crippen LogP contribution is 2.41. The number of nitrogens with one attached hydrogen (secondary N) is 2. The highest BCUT2D eigenvalue weighted by atomic mass is 32.1. The van der Waals surface area contributed by atoms with E-state index >= 15 is 0 Å². The first-order valence-electron chi connectivity index (χ1n) is 12.3. The van der Waals surface area contributed by atoms with Crippen molar-refractivity contribution in [3.05, 3.63) is 102 Å². The number of carboxylic acid groups (broad SMARTS) is 1. The van der Waals surface area contributed by atoms with E-state index in [1.54, 1.807) is 49.7 Å². The van der Waals surface area contributed by atoms with Crippen LogP contribution in [-0.2, 0) is 4.79 Å². The minimum Gasteiger partial charge on any atom is -0.495 e. The Morgan fingerprint density at radius 1 is 1.08 bits per heavy atom. The Hall–Kier alpha value is -4.70. The summed E-state index contributed by atoms with van der Waals surface area (Å²) in [5, 5.41) is 16.3. The highest BCUT2D eigenvalue weighted by Gasteiger charge is 2.41. The lowest BCUT2D eigenvalue weighted by atomic mass is 10.0. The average Bonchev–Trinajstić information content (AvgIpc) is 3.57. The molecule has 3 N–H and O–H groups in total. The summed E-state index contributed by atoms with van der Waals surface area (Å²) in [5.74, 6) is 0.328. The molecular formula is C29H26N4O5S. The van der Waals surface area contributed by atoms with Crippen molar-refractivity contribution in [2.24, 2.45) is 0 Å². The van der Waals surface area contributed by atoms with Crippen LogP contribution in [0.5, 0.6) is 5.75 Å². The number of thiocarbonyl (C=S) groups is 1. The SMILES string of the molecule is COc1ccccc1NC(=O)CCN1C(=S)N[C@@H](c2ccccn2)[C@H]1c1ccc(-c2ccccc2C(=O)O)o1. The number of pyridine rings is 1. The number of anilines is 1. The maximum atomic E-state index is 12.9. The molecule has 1 aliphatic rings. The summed E-state index contributed by atoms with van der Waals surface area (Å²) in [6, 6.07) is 22.3. The van der Waals surface area contributed by atoms with Gasteiger partial charge < -0.3 is 29.8 Å². The number of rotatable bonds is 9. The maximum absolute atomic E-state index is 12.9. The van der Waals surface area contributed by atoms with Crippen molar-refractivity contribution in [3.8, 4) is 17.1 Å². The number of carbonyl (C=O) groups excluding carboxylic acids is 1. The number of para-hydroxylation sites is 2. The second-order valence-corrected chi connectivity index (χ2v) is 9.26. The highest BCUT2D eigenvalue weighted by molar-refractivity contribution is 7.80. The van der Waals surface area contributed by atoms with Crippen LogP contribution in [0.4, 0.5) is 5.69 Å². The van der Waals surface area contributed by atoms with Gasteiger partial charge in [0.05, 0.1) is 30.1 Å². The summed E-state index contributed by atoms with van der Waals surface area (Å²) >= 11 is 5.69. The van der Waals surface area contributed by atoms with Crippen LogP contribution in [0.3, 0.4) is 0 Å². The summed E-state index contributed by atoms with van der Waals surface area (Å²) in [5.41, 5.74) is 1.96. The largest absolute Gasteiger partial charge is 0.495 e. The molecule has 0 spiro atoms. The Morgan fingerprint density at radius 3 is 2.62 bits per heavy atom. The van der Waals surface area contributed by atoms with Gasteiger partial charge in [0.15, 0.2) is 5.11 Å². The van der Waals surface area contributed by atoms with E-state index in [1.807, 2.05) is 41.3 Å². The molecule has 0 bridgehead atoms. The van der Waals surface area contributed by atoms with E-state index in [2.05, 4.69) is 15.6 Å². The predicted molar refractivity (Wildman–Crippen MR) is 150 cm³/mol. The first-order chi connectivity index (χ1) is 19.0. The van der Waals surface area contributed by atoms with Crippen LogP contribution in [0.25, 0.3) is 11.3 Å². The third-order valence-electron chi connectivity index (χ3n) is 6.50. The molecule has 1 saturated heterocycles. The fourth-order valence-electron chi connectivity index (χ4n) is 4.68. The minimum absolute atomic E-state index is 0.143. The van der Waals surface area contributed by atoms with E-state index in [-0.39, 0.29) is 23.9 Å². The van der Waals surface area contributed by atoms with Gasteiger partial charge in [-0.25, -0.2) is 4.79 Å². The predicted octanol–water partition coefficient (Wildman–Crippen LogP) is 5.05. The van der Waals surface area contributed by atoms with Gasteiger partial charge in [0, 0.05) is 24.7 Å². The van der Waals surface area contributed by atoms with E-state index in [1.165, 1.54) is 6.07 Å². The Morgan fingerprint density at radius 2 is 1.85 bits per heavy atom. The van der Waals surface area contributed by atoms with Gasteiger partial charge >= 0.3 is 5.97 Å². The van der Waals surface area contributed by atoms with E-state index in [0.717, 1.165) is 5.69 Å². The molecule has 4 aromatic rings. The summed E-state index contributed by atoms with van der Waals surface area (Å²) in [4.78, 5) is 31.1. The normalized spacial score (nSPS) is 16.5. The van der Waals surface area contributed by atoms with Crippen molar-refractivity contribution in [2.75, 3.05) is 19.0 Å². The standard InChI is InChI=1S/C29H26N4O5S/c1-37-23-12-5-4-10-20(23)31-25(34)15-17-33-27(26(32-29(33)39)21-11-6-7-16-30-21)24-14-13-22(38-24)18-8-2-3-9-19(18)28(35)36/h2-14,16,26-27H,15,17H2,1H3,(H,31,34)(H,32,39)(H,35,36)/t26-,27+/m0/s1. The molecule has 9 nitrogen and oxygen atoms in total. The van der Waals surface area contributed by atoms with E-state index in [0.29, 0.717) is 40.2 Å². The first kappa shape index (κ1) is 25.9. The van der Waals surface area contributed by atoms with Gasteiger partial charge in [-0.15, -0.1) is 0 Å². The third-order valence-corrected chi connectivity index (χ3v) is 6.85. The van der Waals surface area contributed by atoms with Crippen molar-refractivity contribution < 1.29 is 23.8 Å². The van der Waals surface area contributed by atoms with Crippen molar-refractivity contribution in [2.45, 2.75) is 18.5 Å². The number of aromatic nitrogens is 1. The van der Waals surface area contributed by atoms with Gasteiger partial charge in [0.1, 0.15) is 23.3 Å². The summed E-state index contributed by atoms with van der Waals surface area (Å²) in [6.45, 7) is 0.308. The van der Waals surface area contributed by atoms with Crippen molar-refractivity contribution in [3.63, 3.8) is 0 Å². The molecule has 198 valence electrons. The van der Waals surface area contributed by atoms with Crippen LogP contribution < -0.4 is 15.4 Å². The lowest BCUT2D eigenvalue weighted by Gasteiger charge is -2.26. The average molecular weight is 543 g/mol. The molecule has 1 aliphatic heterocycles. The van der Waals surface area contributed by atoms with Crippen molar-refractivity contribution in [1.29, 1.82) is 0 Å². The number of amides is 1. The molecular weight excluding hydrogens is 516 g/mol. The molecule has 5 rings (SSSR count). The van der Waals surface area contributed by atoms with Crippen molar-refractivity contribution in [1.82, 2.24) is 15.2 Å². The topological polar surface area (TPSA) is 117 Å². The van der Waals surface area contributed by atoms with E-state index in [9.17, 15) is 14.7 Å². The van der Waals surface area contributed by atoms with Crippen LogP contribution in [0.2, 0.25) is 0 Å². The molecule has 0 radical (unpaired) electrons. The van der Waals surface area contributed by atoms with Gasteiger partial charge in [-0.2, -0.15) is 0 Å². The summed E-state index contributed by atoms with van der Waals surface area (Å²) < 4.78 is 11.6. The van der Waals surface area contributed by atoms with Gasteiger partial charge in [0.25, 0.3) is 0 Å². The Labute approximate surface area is 230 Å². The summed E-state index contributed by atoms with van der Waals surface area (Å²) in [7, 11) is 1.55. The molecule has 2 aromatic carbocycles. The number of hydrogen-bond acceptors (Lipinski definition) is 6. The van der Waals surface area contributed by atoms with Gasteiger partial charge in [-0.3, -0.25) is 9.78 Å². The third kappa shape index (κ3) is 5.46. The lowest BCUT2D eigenvalue weighted by molar-refractivity contribution is -0.116. The number of carbonyl (C=O) groups is 2. The van der Waals surface area contributed by atoms with E-state index in [4.69, 9.17) is 21.4 Å². The number of furan rings is 1. The zero-order valence-corrected chi connectivity index (χ0v) is 21.9. The Kier molecular flexibility index (Phi) is 7.55. The second-order valence-electron chi connectivity index (χ2n) is 8.87. The molecule has 0 aliphatic carbocycles. The molecule has 3 heterocycles. The molecule has 1 fully saturated rings. The fourth-order valence-corrected chi connectivity index (χ4v) is 5.01. The maximum Gasteiger partial charge on any atom is 0.336 e. The van der Waals surface area contributed by atoms with Crippen LogP contribution in [0, 0.1) is 0 Å². The minimum atomic E-state index is -1.04.